The van der Waals surface area contributed by atoms with Crippen molar-refractivity contribution in [3.05, 3.63) is 106 Å². The number of amides is 6. The second-order valence-corrected chi connectivity index (χ2v) is 8.96. The molecule has 1 N–H and O–H groups in total. The number of nitrogens with zero attached hydrogens (tertiary/aromatic N) is 2. The summed E-state index contributed by atoms with van der Waals surface area (Å²) in [6.07, 6.45) is 1.61. The van der Waals surface area contributed by atoms with Gasteiger partial charge in [0.25, 0.3) is 23.6 Å². The number of barbiturate groups is 1. The summed E-state index contributed by atoms with van der Waals surface area (Å²) in [5, 5.41) is 2.17. The third kappa shape index (κ3) is 4.91. The van der Waals surface area contributed by atoms with Crippen molar-refractivity contribution in [1.29, 1.82) is 0 Å². The fourth-order valence-electron chi connectivity index (χ4n) is 4.52. The lowest BCUT2D eigenvalue weighted by Gasteiger charge is -2.26. The van der Waals surface area contributed by atoms with E-state index in [0.717, 1.165) is 9.80 Å². The third-order valence-corrected chi connectivity index (χ3v) is 6.55. The molecular weight excluding hydrogens is 505 g/mol. The number of hydrogen-bond acceptors (Lipinski definition) is 6. The van der Waals surface area contributed by atoms with Gasteiger partial charge in [-0.2, -0.15) is 0 Å². The van der Waals surface area contributed by atoms with Crippen LogP contribution in [0.4, 0.5) is 9.18 Å². The maximum absolute atomic E-state index is 13.2. The number of halogens is 1. The fourth-order valence-corrected chi connectivity index (χ4v) is 4.52. The van der Waals surface area contributed by atoms with Gasteiger partial charge in [-0.1, -0.05) is 30.3 Å². The number of urea groups is 1. The standard InChI is InChI=1S/C29H22FN3O6/c1-39-24-11-8-18(14-19(24)16-33-26(35)21-4-2-3-5-22(21)27(33)36)15-23-25(34)31-29(38)32(28(23)37)13-12-17-6-9-20(30)10-7-17/h2-11,14-15H,12-13,16H2,1H3,(H,31,34,38)/b23-15-. The highest BCUT2D eigenvalue weighted by molar-refractivity contribution is 6.31. The molecule has 3 aromatic rings. The zero-order valence-corrected chi connectivity index (χ0v) is 20.8. The summed E-state index contributed by atoms with van der Waals surface area (Å²) < 4.78 is 18.6. The van der Waals surface area contributed by atoms with Crippen LogP contribution >= 0.6 is 0 Å². The van der Waals surface area contributed by atoms with Gasteiger partial charge in [0.2, 0.25) is 0 Å². The summed E-state index contributed by atoms with van der Waals surface area (Å²) in [6, 6.07) is 16.2. The van der Waals surface area contributed by atoms with Crippen LogP contribution in [0.3, 0.4) is 0 Å². The van der Waals surface area contributed by atoms with E-state index >= 15 is 0 Å². The number of rotatable bonds is 7. The molecule has 10 heteroatoms. The van der Waals surface area contributed by atoms with Gasteiger partial charge in [0, 0.05) is 12.1 Å². The molecule has 0 atom stereocenters. The van der Waals surface area contributed by atoms with Crippen LogP contribution in [0.1, 0.15) is 37.4 Å². The Morgan fingerprint density at radius 2 is 1.51 bits per heavy atom. The highest BCUT2D eigenvalue weighted by atomic mass is 19.1. The Bertz CT molecular complexity index is 1530. The number of benzene rings is 3. The van der Waals surface area contributed by atoms with Crippen LogP contribution in [0.25, 0.3) is 6.08 Å². The SMILES string of the molecule is COc1ccc(/C=C2/C(=O)NC(=O)N(CCc3ccc(F)cc3)C2=O)cc1CN1C(=O)c2ccccc2C1=O. The second kappa shape index (κ2) is 10.3. The lowest BCUT2D eigenvalue weighted by molar-refractivity contribution is -0.130. The average molecular weight is 528 g/mol. The summed E-state index contributed by atoms with van der Waals surface area (Å²) in [5.74, 6) is -2.48. The molecule has 5 rings (SSSR count). The molecule has 6 amide bonds. The van der Waals surface area contributed by atoms with Gasteiger partial charge in [0.05, 0.1) is 24.8 Å². The molecule has 0 saturated carbocycles. The lowest BCUT2D eigenvalue weighted by atomic mass is 10.0. The zero-order chi connectivity index (χ0) is 27.7. The van der Waals surface area contributed by atoms with Crippen LogP contribution in [-0.2, 0) is 22.6 Å². The normalized spacial score (nSPS) is 16.2. The third-order valence-electron chi connectivity index (χ3n) is 6.55. The second-order valence-electron chi connectivity index (χ2n) is 8.96. The molecular formula is C29H22FN3O6. The average Bonchev–Trinajstić information content (AvgIpc) is 3.17. The molecule has 3 aromatic carbocycles. The van der Waals surface area contributed by atoms with E-state index in [1.54, 1.807) is 54.6 Å². The molecule has 2 aliphatic heterocycles. The van der Waals surface area contributed by atoms with Crippen LogP contribution in [0.5, 0.6) is 5.75 Å². The summed E-state index contributed by atoms with van der Waals surface area (Å²) >= 11 is 0. The molecule has 0 bridgehead atoms. The van der Waals surface area contributed by atoms with Crippen LogP contribution in [0.15, 0.2) is 72.3 Å². The first-order chi connectivity index (χ1) is 18.8. The van der Waals surface area contributed by atoms with E-state index in [0.29, 0.717) is 33.6 Å². The number of nitrogens with one attached hydrogen (secondary N) is 1. The Morgan fingerprint density at radius 3 is 2.15 bits per heavy atom. The first kappa shape index (κ1) is 25.5. The van der Waals surface area contributed by atoms with Crippen molar-refractivity contribution < 1.29 is 33.1 Å². The predicted octanol–water partition coefficient (Wildman–Crippen LogP) is 3.34. The Labute approximate surface area is 222 Å². The van der Waals surface area contributed by atoms with E-state index < -0.39 is 35.5 Å². The van der Waals surface area contributed by atoms with Crippen molar-refractivity contribution in [2.24, 2.45) is 0 Å². The highest BCUT2D eigenvalue weighted by Crippen LogP contribution is 2.29. The molecule has 0 aliphatic carbocycles. The summed E-state index contributed by atoms with van der Waals surface area (Å²) in [4.78, 5) is 65.8. The van der Waals surface area contributed by atoms with E-state index in [9.17, 15) is 28.4 Å². The summed E-state index contributed by atoms with van der Waals surface area (Å²) in [5.41, 5.74) is 1.99. The van der Waals surface area contributed by atoms with E-state index in [-0.39, 0.29) is 25.1 Å². The van der Waals surface area contributed by atoms with E-state index in [4.69, 9.17) is 4.74 Å². The fraction of sp³-hybridized carbons (Fsp3) is 0.138. The number of carbonyl (C=O) groups is 5. The minimum absolute atomic E-state index is 0.0193. The van der Waals surface area contributed by atoms with Crippen molar-refractivity contribution in [2.75, 3.05) is 13.7 Å². The van der Waals surface area contributed by atoms with E-state index in [2.05, 4.69) is 5.32 Å². The number of methoxy groups -OCH3 is 1. The summed E-state index contributed by atoms with van der Waals surface area (Å²) in [6.45, 7) is -0.108. The van der Waals surface area contributed by atoms with Gasteiger partial charge in [-0.25, -0.2) is 9.18 Å². The Balaban J connectivity index is 1.39. The first-order valence-electron chi connectivity index (χ1n) is 12.0. The molecule has 1 fully saturated rings. The smallest absolute Gasteiger partial charge is 0.331 e. The Hall–Kier alpha value is -5.12. The lowest BCUT2D eigenvalue weighted by Crippen LogP contribution is -2.54. The van der Waals surface area contributed by atoms with Crippen molar-refractivity contribution in [1.82, 2.24) is 15.1 Å². The van der Waals surface area contributed by atoms with E-state index in [1.165, 1.54) is 25.3 Å². The van der Waals surface area contributed by atoms with E-state index in [1.807, 2.05) is 0 Å². The number of ether oxygens (including phenoxy) is 1. The van der Waals surface area contributed by atoms with Gasteiger partial charge in [0.1, 0.15) is 17.1 Å². The van der Waals surface area contributed by atoms with Crippen molar-refractivity contribution in [2.45, 2.75) is 13.0 Å². The quantitative estimate of drug-likeness (QED) is 0.287. The maximum atomic E-state index is 13.2. The maximum Gasteiger partial charge on any atom is 0.331 e. The molecule has 2 aliphatic rings. The minimum Gasteiger partial charge on any atom is -0.496 e. The van der Waals surface area contributed by atoms with Crippen LogP contribution < -0.4 is 10.1 Å². The van der Waals surface area contributed by atoms with Crippen LogP contribution in [0, 0.1) is 5.82 Å². The molecule has 0 radical (unpaired) electrons. The van der Waals surface area contributed by atoms with Gasteiger partial charge in [-0.3, -0.25) is 34.3 Å². The number of imide groups is 3. The number of hydrogen-bond donors (Lipinski definition) is 1. The van der Waals surface area contributed by atoms with Crippen LogP contribution in [0.2, 0.25) is 0 Å². The molecule has 2 heterocycles. The Morgan fingerprint density at radius 1 is 0.846 bits per heavy atom. The van der Waals surface area contributed by atoms with Gasteiger partial charge in [0.15, 0.2) is 0 Å². The zero-order valence-electron chi connectivity index (χ0n) is 20.8. The topological polar surface area (TPSA) is 113 Å². The monoisotopic (exact) mass is 527 g/mol. The van der Waals surface area contributed by atoms with Crippen molar-refractivity contribution in [3.63, 3.8) is 0 Å². The number of carbonyl (C=O) groups excluding carboxylic acids is 5. The molecule has 9 nitrogen and oxygen atoms in total. The predicted molar refractivity (Wildman–Crippen MR) is 137 cm³/mol. The molecule has 0 spiro atoms. The molecule has 1 saturated heterocycles. The first-order valence-corrected chi connectivity index (χ1v) is 12.0. The Kier molecular flexibility index (Phi) is 6.76. The van der Waals surface area contributed by atoms with Crippen LogP contribution in [-0.4, -0.2) is 53.1 Å². The largest absolute Gasteiger partial charge is 0.496 e. The molecule has 0 aromatic heterocycles. The molecule has 0 unspecified atom stereocenters. The van der Waals surface area contributed by atoms with Crippen molar-refractivity contribution in [3.8, 4) is 5.75 Å². The van der Waals surface area contributed by atoms with Gasteiger partial charge in [-0.15, -0.1) is 0 Å². The highest BCUT2D eigenvalue weighted by Gasteiger charge is 2.37. The minimum atomic E-state index is -0.847. The summed E-state index contributed by atoms with van der Waals surface area (Å²) in [7, 11) is 1.45. The van der Waals surface area contributed by atoms with Gasteiger partial charge in [-0.05, 0) is 60.0 Å². The van der Waals surface area contributed by atoms with Gasteiger partial charge < -0.3 is 4.74 Å². The van der Waals surface area contributed by atoms with Gasteiger partial charge >= 0.3 is 6.03 Å². The molecule has 196 valence electrons. The molecule has 39 heavy (non-hydrogen) atoms. The number of fused-ring (bicyclic) bond motifs is 1. The van der Waals surface area contributed by atoms with Crippen molar-refractivity contribution >= 4 is 35.7 Å².